The lowest BCUT2D eigenvalue weighted by Crippen LogP contribution is -2.72. The highest BCUT2D eigenvalue weighted by atomic mass is 16.6. The van der Waals surface area contributed by atoms with E-state index in [4.69, 9.17) is 4.74 Å². The summed E-state index contributed by atoms with van der Waals surface area (Å²) >= 11 is 0. The Morgan fingerprint density at radius 2 is 2.12 bits per heavy atom. The zero-order valence-corrected chi connectivity index (χ0v) is 16.3. The highest BCUT2D eigenvalue weighted by molar-refractivity contribution is 5.96. The molecule has 0 saturated carbocycles. The molecule has 0 bridgehead atoms. The lowest BCUT2D eigenvalue weighted by Gasteiger charge is -2.46. The number of likely N-dealkylation sites (tertiary alicyclic amines) is 1. The van der Waals surface area contributed by atoms with Gasteiger partial charge in [0, 0.05) is 13.1 Å². The average molecular weight is 369 g/mol. The lowest BCUT2D eigenvalue weighted by atomic mass is 9.88. The van der Waals surface area contributed by atoms with Crippen molar-refractivity contribution < 1.29 is 24.2 Å². The van der Waals surface area contributed by atoms with Gasteiger partial charge in [-0.15, -0.1) is 0 Å². The van der Waals surface area contributed by atoms with E-state index in [1.165, 1.54) is 7.05 Å². The fourth-order valence-electron chi connectivity index (χ4n) is 3.82. The predicted octanol–water partition coefficient (Wildman–Crippen LogP) is 0.778. The van der Waals surface area contributed by atoms with Gasteiger partial charge in [0.2, 0.25) is 11.8 Å². The van der Waals surface area contributed by atoms with E-state index < -0.39 is 29.3 Å². The first-order valence-corrected chi connectivity index (χ1v) is 9.22. The van der Waals surface area contributed by atoms with Crippen LogP contribution < -0.4 is 10.6 Å². The van der Waals surface area contributed by atoms with Crippen molar-refractivity contribution in [2.24, 2.45) is 5.92 Å². The fraction of sp³-hybridized carbons (Fsp3) is 0.833. The molecule has 148 valence electrons. The Bertz CT molecular complexity index is 572. The van der Waals surface area contributed by atoms with Gasteiger partial charge in [-0.2, -0.15) is 0 Å². The minimum absolute atomic E-state index is 0.149. The molecule has 4 atom stereocenters. The van der Waals surface area contributed by atoms with Gasteiger partial charge in [0.1, 0.15) is 11.1 Å². The Morgan fingerprint density at radius 3 is 2.54 bits per heavy atom. The molecule has 0 aromatic carbocycles. The van der Waals surface area contributed by atoms with Crippen LogP contribution in [-0.2, 0) is 14.3 Å². The Kier molecular flexibility index (Phi) is 5.85. The summed E-state index contributed by atoms with van der Waals surface area (Å²) in [4.78, 5) is 38.5. The number of carbonyl (C=O) groups is 3. The average Bonchev–Trinajstić information content (AvgIpc) is 2.93. The summed E-state index contributed by atoms with van der Waals surface area (Å²) in [6, 6.07) is -0.193. The van der Waals surface area contributed by atoms with Crippen LogP contribution in [0.3, 0.4) is 0 Å². The topological polar surface area (TPSA) is 108 Å². The molecule has 26 heavy (non-hydrogen) atoms. The number of nitrogens with one attached hydrogen (secondary N) is 2. The van der Waals surface area contributed by atoms with E-state index in [-0.39, 0.29) is 17.9 Å². The van der Waals surface area contributed by atoms with Crippen molar-refractivity contribution in [1.82, 2.24) is 15.5 Å². The maximum atomic E-state index is 12.8. The minimum atomic E-state index is -0.833. The molecule has 2 saturated heterocycles. The smallest absolute Gasteiger partial charge is 0.411 e. The SMILES string of the molecule is CNC(=O)[C@@H](CCC1CCC2(CNC2=O)N1C(=O)OC(C)(C)C)[C@@H](C)O. The second-order valence-corrected chi connectivity index (χ2v) is 8.30. The normalized spacial score (nSPS) is 27.5. The number of amides is 3. The van der Waals surface area contributed by atoms with Gasteiger partial charge in [-0.25, -0.2) is 4.79 Å². The van der Waals surface area contributed by atoms with Crippen LogP contribution in [0.25, 0.3) is 0 Å². The molecule has 0 radical (unpaired) electrons. The molecule has 2 heterocycles. The number of hydrogen-bond donors (Lipinski definition) is 3. The molecular weight excluding hydrogens is 338 g/mol. The van der Waals surface area contributed by atoms with E-state index in [2.05, 4.69) is 10.6 Å². The standard InChI is InChI=1S/C18H31N3O5/c1-11(22)13(14(23)19-5)7-6-12-8-9-18(10-20-15(18)24)21(12)16(25)26-17(2,3)4/h11-13,22H,6-10H2,1-5H3,(H,19,23)(H,20,24)/t11-,12?,13+,18?/m1/s1. The molecule has 0 aliphatic carbocycles. The van der Waals surface area contributed by atoms with Crippen molar-refractivity contribution in [3.63, 3.8) is 0 Å². The number of carbonyl (C=O) groups excluding carboxylic acids is 3. The van der Waals surface area contributed by atoms with Gasteiger partial charge in [-0.1, -0.05) is 0 Å². The van der Waals surface area contributed by atoms with Gasteiger partial charge in [-0.05, 0) is 53.4 Å². The number of aliphatic hydroxyl groups excluding tert-OH is 1. The second kappa shape index (κ2) is 7.42. The van der Waals surface area contributed by atoms with Crippen LogP contribution in [0.15, 0.2) is 0 Å². The molecule has 3 N–H and O–H groups in total. The number of nitrogens with zero attached hydrogens (tertiary/aromatic N) is 1. The molecule has 2 rings (SSSR count). The van der Waals surface area contributed by atoms with Gasteiger partial charge in [0.05, 0.1) is 18.6 Å². The number of rotatable bonds is 5. The van der Waals surface area contributed by atoms with Crippen molar-refractivity contribution in [3.8, 4) is 0 Å². The first-order chi connectivity index (χ1) is 12.0. The van der Waals surface area contributed by atoms with Crippen LogP contribution in [0.5, 0.6) is 0 Å². The molecular formula is C18H31N3O5. The summed E-state index contributed by atoms with van der Waals surface area (Å²) < 4.78 is 5.53. The molecule has 3 amide bonds. The molecule has 2 aliphatic rings. The van der Waals surface area contributed by atoms with Crippen LogP contribution >= 0.6 is 0 Å². The van der Waals surface area contributed by atoms with Crippen LogP contribution in [0.1, 0.15) is 53.4 Å². The van der Waals surface area contributed by atoms with Crippen LogP contribution in [0, 0.1) is 5.92 Å². The third kappa shape index (κ3) is 3.95. The maximum absolute atomic E-state index is 12.8. The number of ether oxygens (including phenoxy) is 1. The Morgan fingerprint density at radius 1 is 1.46 bits per heavy atom. The van der Waals surface area contributed by atoms with Crippen molar-refractivity contribution in [2.45, 2.75) is 76.7 Å². The summed E-state index contributed by atoms with van der Waals surface area (Å²) in [5.74, 6) is -0.922. The molecule has 2 unspecified atom stereocenters. The Labute approximate surface area is 154 Å². The number of aliphatic hydroxyl groups is 1. The largest absolute Gasteiger partial charge is 0.444 e. The van der Waals surface area contributed by atoms with E-state index in [1.807, 2.05) is 0 Å². The third-order valence-electron chi connectivity index (χ3n) is 5.25. The second-order valence-electron chi connectivity index (χ2n) is 8.30. The highest BCUT2D eigenvalue weighted by Crippen LogP contribution is 2.41. The summed E-state index contributed by atoms with van der Waals surface area (Å²) in [5.41, 5.74) is -1.49. The lowest BCUT2D eigenvalue weighted by molar-refractivity contribution is -0.142. The van der Waals surface area contributed by atoms with E-state index >= 15 is 0 Å². The molecule has 1 spiro atoms. The van der Waals surface area contributed by atoms with Gasteiger partial charge >= 0.3 is 6.09 Å². The zero-order valence-electron chi connectivity index (χ0n) is 16.3. The molecule has 8 heteroatoms. The zero-order chi connectivity index (χ0) is 19.7. The fourth-order valence-corrected chi connectivity index (χ4v) is 3.82. The molecule has 2 fully saturated rings. The summed E-state index contributed by atoms with van der Waals surface area (Å²) in [7, 11) is 1.54. The van der Waals surface area contributed by atoms with Gasteiger partial charge in [-0.3, -0.25) is 14.5 Å². The minimum Gasteiger partial charge on any atom is -0.444 e. The van der Waals surface area contributed by atoms with Crippen molar-refractivity contribution in [1.29, 1.82) is 0 Å². The number of β-lactam (4-membered cyclic amide) rings is 1. The molecule has 8 nitrogen and oxygen atoms in total. The van der Waals surface area contributed by atoms with E-state index in [0.717, 1.165) is 0 Å². The summed E-state index contributed by atoms with van der Waals surface area (Å²) in [6.07, 6.45) is 0.932. The monoisotopic (exact) mass is 369 g/mol. The van der Waals surface area contributed by atoms with Crippen molar-refractivity contribution in [3.05, 3.63) is 0 Å². The third-order valence-corrected chi connectivity index (χ3v) is 5.25. The Hall–Kier alpha value is -1.83. The summed E-state index contributed by atoms with van der Waals surface area (Å²) in [5, 5.41) is 15.2. The van der Waals surface area contributed by atoms with Crippen LogP contribution in [0.2, 0.25) is 0 Å². The molecule has 2 aliphatic heterocycles. The van der Waals surface area contributed by atoms with Gasteiger partial charge < -0.3 is 20.5 Å². The van der Waals surface area contributed by atoms with Gasteiger partial charge in [0.25, 0.3) is 0 Å². The number of hydrogen-bond acceptors (Lipinski definition) is 5. The van der Waals surface area contributed by atoms with Gasteiger partial charge in [0.15, 0.2) is 0 Å². The molecule has 0 aromatic heterocycles. The molecule has 0 aromatic rings. The van der Waals surface area contributed by atoms with E-state index in [1.54, 1.807) is 32.6 Å². The quantitative estimate of drug-likeness (QED) is 0.621. The highest BCUT2D eigenvalue weighted by Gasteiger charge is 2.59. The Balaban J connectivity index is 2.14. The van der Waals surface area contributed by atoms with Crippen molar-refractivity contribution in [2.75, 3.05) is 13.6 Å². The van der Waals surface area contributed by atoms with Crippen LogP contribution in [0.4, 0.5) is 4.79 Å². The summed E-state index contributed by atoms with van der Waals surface area (Å²) in [6.45, 7) is 7.38. The predicted molar refractivity (Wildman–Crippen MR) is 95.3 cm³/mol. The van der Waals surface area contributed by atoms with E-state index in [9.17, 15) is 19.5 Å². The van der Waals surface area contributed by atoms with Crippen molar-refractivity contribution >= 4 is 17.9 Å². The first-order valence-electron chi connectivity index (χ1n) is 9.22. The maximum Gasteiger partial charge on any atom is 0.411 e. The first kappa shape index (κ1) is 20.5. The van der Waals surface area contributed by atoms with E-state index in [0.29, 0.717) is 32.2 Å². The van der Waals surface area contributed by atoms with Crippen LogP contribution in [-0.4, -0.2) is 64.8 Å².